The van der Waals surface area contributed by atoms with Gasteiger partial charge in [0.1, 0.15) is 0 Å². The van der Waals surface area contributed by atoms with Crippen LogP contribution in [0.1, 0.15) is 5.56 Å². The van der Waals surface area contributed by atoms with Crippen LogP contribution < -0.4 is 0 Å². The molecule has 1 aliphatic heterocycles. The van der Waals surface area contributed by atoms with Crippen LogP contribution in [0.25, 0.3) is 0 Å². The third kappa shape index (κ3) is 2.49. The fourth-order valence-electron chi connectivity index (χ4n) is 1.64. The number of ether oxygens (including phenoxy) is 1. The minimum absolute atomic E-state index is 0.0143. The maximum absolute atomic E-state index is 11.2. The molecule has 0 spiro atoms. The van der Waals surface area contributed by atoms with Gasteiger partial charge in [-0.05, 0) is 11.6 Å². The van der Waals surface area contributed by atoms with E-state index in [0.29, 0.717) is 19.7 Å². The molecule has 1 aromatic carbocycles. The van der Waals surface area contributed by atoms with Crippen molar-refractivity contribution in [3.8, 4) is 0 Å². The summed E-state index contributed by atoms with van der Waals surface area (Å²) < 4.78 is 5.66. The van der Waals surface area contributed by atoms with Crippen LogP contribution in [0.2, 0.25) is 0 Å². The van der Waals surface area contributed by atoms with Crippen molar-refractivity contribution in [1.82, 2.24) is 4.90 Å². The lowest BCUT2D eigenvalue weighted by Gasteiger charge is -2.38. The van der Waals surface area contributed by atoms with Crippen molar-refractivity contribution in [2.45, 2.75) is 12.7 Å². The number of benzene rings is 1. The molecule has 1 heterocycles. The van der Waals surface area contributed by atoms with Gasteiger partial charge in [-0.15, -0.1) is 0 Å². The van der Waals surface area contributed by atoms with E-state index in [4.69, 9.17) is 4.74 Å². The van der Waals surface area contributed by atoms with E-state index in [9.17, 15) is 4.79 Å². The summed E-state index contributed by atoms with van der Waals surface area (Å²) in [5, 5.41) is 0. The van der Waals surface area contributed by atoms with Crippen LogP contribution in [0, 0.1) is 0 Å². The molecular weight excluding hydrogens is 202 g/mol. The first-order valence-electron chi connectivity index (χ1n) is 5.36. The Morgan fingerprint density at radius 1 is 1.44 bits per heavy atom. The standard InChI is InChI=1S/C13H15NO2/c1-2-13(15)14-8-12(9-14)16-10-11-6-4-3-5-7-11/h2-7,12H,1,8-10H2. The maximum Gasteiger partial charge on any atom is 0.246 e. The van der Waals surface area contributed by atoms with Gasteiger partial charge in [0.05, 0.1) is 12.7 Å². The van der Waals surface area contributed by atoms with Gasteiger partial charge in [0.15, 0.2) is 0 Å². The molecule has 1 amide bonds. The molecule has 0 unspecified atom stereocenters. The molecule has 84 valence electrons. The Morgan fingerprint density at radius 3 is 2.75 bits per heavy atom. The Kier molecular flexibility index (Phi) is 3.37. The highest BCUT2D eigenvalue weighted by molar-refractivity contribution is 5.87. The summed E-state index contributed by atoms with van der Waals surface area (Å²) in [5.74, 6) is -0.0143. The summed E-state index contributed by atoms with van der Waals surface area (Å²) in [5.41, 5.74) is 1.16. The fraction of sp³-hybridized carbons (Fsp3) is 0.308. The molecule has 0 atom stereocenters. The number of nitrogens with zero attached hydrogens (tertiary/aromatic N) is 1. The van der Waals surface area contributed by atoms with Gasteiger partial charge in [-0.1, -0.05) is 36.9 Å². The summed E-state index contributed by atoms with van der Waals surface area (Å²) in [6.07, 6.45) is 1.51. The predicted octanol–water partition coefficient (Wildman–Crippen LogP) is 1.60. The van der Waals surface area contributed by atoms with Gasteiger partial charge < -0.3 is 9.64 Å². The van der Waals surface area contributed by atoms with Crippen LogP contribution >= 0.6 is 0 Å². The van der Waals surface area contributed by atoms with Gasteiger partial charge in [0.25, 0.3) is 0 Å². The number of amides is 1. The van der Waals surface area contributed by atoms with Crippen molar-refractivity contribution >= 4 is 5.91 Å². The van der Waals surface area contributed by atoms with E-state index in [1.807, 2.05) is 30.3 Å². The van der Waals surface area contributed by atoms with Gasteiger partial charge in [0.2, 0.25) is 5.91 Å². The van der Waals surface area contributed by atoms with Crippen molar-refractivity contribution in [2.24, 2.45) is 0 Å². The molecule has 16 heavy (non-hydrogen) atoms. The number of hydrogen-bond donors (Lipinski definition) is 0. The van der Waals surface area contributed by atoms with Gasteiger partial charge in [-0.25, -0.2) is 0 Å². The highest BCUT2D eigenvalue weighted by atomic mass is 16.5. The van der Waals surface area contributed by atoms with Crippen LogP contribution in [0.3, 0.4) is 0 Å². The van der Waals surface area contributed by atoms with E-state index in [2.05, 4.69) is 6.58 Å². The number of hydrogen-bond acceptors (Lipinski definition) is 2. The molecule has 2 rings (SSSR count). The van der Waals surface area contributed by atoms with Crippen molar-refractivity contribution in [2.75, 3.05) is 13.1 Å². The molecule has 0 aromatic heterocycles. The Morgan fingerprint density at radius 2 is 2.12 bits per heavy atom. The first kappa shape index (κ1) is 10.9. The second-order valence-corrected chi connectivity index (χ2v) is 3.87. The average molecular weight is 217 g/mol. The SMILES string of the molecule is C=CC(=O)N1CC(OCc2ccccc2)C1. The number of carbonyl (C=O) groups excluding carboxylic acids is 1. The van der Waals surface area contributed by atoms with E-state index >= 15 is 0 Å². The van der Waals surface area contributed by atoms with Crippen molar-refractivity contribution < 1.29 is 9.53 Å². The van der Waals surface area contributed by atoms with Crippen molar-refractivity contribution in [3.05, 3.63) is 48.6 Å². The molecule has 0 aliphatic carbocycles. The van der Waals surface area contributed by atoms with Crippen LogP contribution in [0.15, 0.2) is 43.0 Å². The first-order valence-corrected chi connectivity index (χ1v) is 5.36. The molecule has 1 fully saturated rings. The fourth-order valence-corrected chi connectivity index (χ4v) is 1.64. The van der Waals surface area contributed by atoms with Gasteiger partial charge in [-0.2, -0.15) is 0 Å². The van der Waals surface area contributed by atoms with Gasteiger partial charge in [0, 0.05) is 13.1 Å². The summed E-state index contributed by atoms with van der Waals surface area (Å²) >= 11 is 0. The first-order chi connectivity index (χ1) is 7.79. The molecule has 0 bridgehead atoms. The molecule has 0 radical (unpaired) electrons. The van der Waals surface area contributed by atoms with Crippen LogP contribution in [0.4, 0.5) is 0 Å². The van der Waals surface area contributed by atoms with Crippen molar-refractivity contribution in [3.63, 3.8) is 0 Å². The predicted molar refractivity (Wildman–Crippen MR) is 61.8 cm³/mol. The third-order valence-electron chi connectivity index (χ3n) is 2.66. The normalized spacial score (nSPS) is 15.6. The zero-order chi connectivity index (χ0) is 11.4. The number of rotatable bonds is 4. The second-order valence-electron chi connectivity index (χ2n) is 3.87. The highest BCUT2D eigenvalue weighted by Crippen LogP contribution is 2.14. The largest absolute Gasteiger partial charge is 0.370 e. The zero-order valence-electron chi connectivity index (χ0n) is 9.13. The summed E-state index contributed by atoms with van der Waals surface area (Å²) in [7, 11) is 0. The van der Waals surface area contributed by atoms with E-state index in [-0.39, 0.29) is 12.0 Å². The molecule has 3 nitrogen and oxygen atoms in total. The monoisotopic (exact) mass is 217 g/mol. The van der Waals surface area contributed by atoms with E-state index < -0.39 is 0 Å². The minimum Gasteiger partial charge on any atom is -0.370 e. The number of carbonyl (C=O) groups is 1. The molecule has 3 heteroatoms. The Hall–Kier alpha value is -1.61. The molecule has 0 N–H and O–H groups in total. The maximum atomic E-state index is 11.2. The lowest BCUT2D eigenvalue weighted by Crippen LogP contribution is -2.54. The number of likely N-dealkylation sites (tertiary alicyclic amines) is 1. The van der Waals surface area contributed by atoms with E-state index in [0.717, 1.165) is 5.56 Å². The highest BCUT2D eigenvalue weighted by Gasteiger charge is 2.29. The summed E-state index contributed by atoms with van der Waals surface area (Å²) in [4.78, 5) is 12.9. The third-order valence-corrected chi connectivity index (χ3v) is 2.66. The average Bonchev–Trinajstić information content (AvgIpc) is 2.28. The minimum atomic E-state index is -0.0143. The summed E-state index contributed by atoms with van der Waals surface area (Å²) in [6.45, 7) is 5.42. The molecular formula is C13H15NO2. The van der Waals surface area contributed by atoms with Crippen LogP contribution in [-0.2, 0) is 16.1 Å². The van der Waals surface area contributed by atoms with Gasteiger partial charge >= 0.3 is 0 Å². The molecule has 1 aliphatic rings. The topological polar surface area (TPSA) is 29.5 Å². The van der Waals surface area contributed by atoms with Crippen molar-refractivity contribution in [1.29, 1.82) is 0 Å². The smallest absolute Gasteiger partial charge is 0.246 e. The molecule has 1 saturated heterocycles. The quantitative estimate of drug-likeness (QED) is 0.717. The molecule has 0 saturated carbocycles. The second kappa shape index (κ2) is 4.94. The zero-order valence-corrected chi connectivity index (χ0v) is 9.13. The van der Waals surface area contributed by atoms with E-state index in [1.54, 1.807) is 4.90 Å². The van der Waals surface area contributed by atoms with Crippen LogP contribution in [0.5, 0.6) is 0 Å². The summed E-state index contributed by atoms with van der Waals surface area (Å²) in [6, 6.07) is 10.0. The molecule has 1 aromatic rings. The van der Waals surface area contributed by atoms with Gasteiger partial charge in [-0.3, -0.25) is 4.79 Å². The Balaban J connectivity index is 1.71. The Labute approximate surface area is 95.3 Å². The lowest BCUT2D eigenvalue weighted by molar-refractivity contribution is -0.140. The lowest BCUT2D eigenvalue weighted by atomic mass is 10.1. The van der Waals surface area contributed by atoms with Crippen LogP contribution in [-0.4, -0.2) is 30.0 Å². The Bertz CT molecular complexity index is 369. The van der Waals surface area contributed by atoms with E-state index in [1.165, 1.54) is 6.08 Å².